The third kappa shape index (κ3) is 9.02. The van der Waals surface area contributed by atoms with Crippen molar-refractivity contribution in [3.63, 3.8) is 0 Å². The fourth-order valence-corrected chi connectivity index (χ4v) is 7.77. The van der Waals surface area contributed by atoms with Crippen molar-refractivity contribution in [1.82, 2.24) is 10.2 Å². The first-order valence-electron chi connectivity index (χ1n) is 17.2. The standard InChI is InChI=1S/C28H24F3N2S.C13H24O2.Ir/c1-15-10-16(2)12-20(11-15)24-26-23(17(3)32-33-24)22-9-7-19-13-18(6-8-21(19)25(22)34-26)14-27(4,5)28(29,30)31;1-5-10(6-2)12(14)9-13(15)11(7-3)8-4;/h6-11,13H,14H2,1-5H3;9-11,14H,5-8H2,1-4H3;/q-1;;/b;12-9-;. The van der Waals surface area contributed by atoms with E-state index in [1.54, 1.807) is 11.3 Å². The van der Waals surface area contributed by atoms with Crippen LogP contribution in [-0.2, 0) is 31.3 Å². The van der Waals surface area contributed by atoms with E-state index in [9.17, 15) is 23.1 Å². The summed E-state index contributed by atoms with van der Waals surface area (Å²) in [7, 11) is 0. The number of aliphatic hydroxyl groups excluding tert-OH is 1. The van der Waals surface area contributed by atoms with Crippen LogP contribution in [0.5, 0.6) is 0 Å². The second-order valence-electron chi connectivity index (χ2n) is 13.7. The second kappa shape index (κ2) is 16.9. The van der Waals surface area contributed by atoms with Crippen molar-refractivity contribution < 1.29 is 43.2 Å². The number of ketones is 1. The van der Waals surface area contributed by atoms with Crippen molar-refractivity contribution in [2.75, 3.05) is 0 Å². The number of aliphatic hydroxyl groups is 1. The number of alkyl halides is 3. The SMILES string of the molecule is CCC(CC)C(=O)/C=C(\O)C(CC)CC.Cc1[c-]c(-c2nnc(C)c3c2sc2c4ccc(CC(C)(C)C(F)(F)F)cc4ccc23)cc(C)c1.[Ir]. The van der Waals surface area contributed by atoms with E-state index >= 15 is 0 Å². The summed E-state index contributed by atoms with van der Waals surface area (Å²) < 4.78 is 42.4. The molecule has 0 saturated carbocycles. The molecule has 0 fully saturated rings. The summed E-state index contributed by atoms with van der Waals surface area (Å²) in [5, 5.41) is 22.9. The fraction of sp³-hybridized carbons (Fsp3) is 0.439. The Morgan fingerprint density at radius 3 is 2.08 bits per heavy atom. The zero-order valence-electron chi connectivity index (χ0n) is 30.4. The van der Waals surface area contributed by atoms with Crippen molar-refractivity contribution in [3.05, 3.63) is 82.8 Å². The van der Waals surface area contributed by atoms with Gasteiger partial charge in [-0.25, -0.2) is 0 Å². The van der Waals surface area contributed by atoms with Crippen LogP contribution in [-0.4, -0.2) is 27.3 Å². The van der Waals surface area contributed by atoms with Gasteiger partial charge < -0.3 is 5.11 Å². The van der Waals surface area contributed by atoms with Crippen molar-refractivity contribution in [2.24, 2.45) is 17.3 Å². The maximum atomic E-state index is 13.4. The number of halogens is 3. The molecule has 271 valence electrons. The van der Waals surface area contributed by atoms with Crippen molar-refractivity contribution in [3.8, 4) is 11.3 Å². The van der Waals surface area contributed by atoms with Gasteiger partial charge in [0.15, 0.2) is 5.78 Å². The minimum absolute atomic E-state index is 0. The number of rotatable bonds is 10. The van der Waals surface area contributed by atoms with Gasteiger partial charge in [-0.15, -0.1) is 46.2 Å². The van der Waals surface area contributed by atoms with Gasteiger partial charge in [-0.1, -0.05) is 85.7 Å². The summed E-state index contributed by atoms with van der Waals surface area (Å²) in [6.45, 7) is 16.6. The summed E-state index contributed by atoms with van der Waals surface area (Å²) in [6.07, 6.45) is 0.594. The normalized spacial score (nSPS) is 12.5. The number of benzene rings is 3. The molecule has 9 heteroatoms. The van der Waals surface area contributed by atoms with E-state index in [2.05, 4.69) is 41.4 Å². The first-order chi connectivity index (χ1) is 23.0. The molecule has 2 heterocycles. The Kier molecular flexibility index (Phi) is 14.0. The number of hydrogen-bond donors (Lipinski definition) is 1. The van der Waals surface area contributed by atoms with Crippen molar-refractivity contribution in [2.45, 2.75) is 101 Å². The molecule has 5 rings (SSSR count). The minimum Gasteiger partial charge on any atom is -0.512 e. The van der Waals surface area contributed by atoms with Crippen molar-refractivity contribution >= 4 is 48.1 Å². The number of fused-ring (bicyclic) bond motifs is 5. The Morgan fingerprint density at radius 2 is 1.50 bits per heavy atom. The molecule has 0 spiro atoms. The maximum Gasteiger partial charge on any atom is 0.394 e. The Labute approximate surface area is 311 Å². The van der Waals surface area contributed by atoms with E-state index in [0.717, 1.165) is 84.7 Å². The molecule has 3 aromatic carbocycles. The van der Waals surface area contributed by atoms with E-state index in [4.69, 9.17) is 0 Å². The van der Waals surface area contributed by atoms with Gasteiger partial charge in [0.05, 0.1) is 16.9 Å². The average molecular weight is 882 g/mol. The van der Waals surface area contributed by atoms with Crippen LogP contribution in [0.3, 0.4) is 0 Å². The Bertz CT molecular complexity index is 1970. The predicted molar refractivity (Wildman–Crippen MR) is 198 cm³/mol. The summed E-state index contributed by atoms with van der Waals surface area (Å²) >= 11 is 1.66. The maximum absolute atomic E-state index is 13.4. The molecule has 5 aromatic rings. The molecule has 1 radical (unpaired) electrons. The van der Waals surface area contributed by atoms with Crippen LogP contribution >= 0.6 is 11.3 Å². The third-order valence-electron chi connectivity index (χ3n) is 9.51. The van der Waals surface area contributed by atoms with Gasteiger partial charge in [0.2, 0.25) is 0 Å². The van der Waals surface area contributed by atoms with E-state index < -0.39 is 11.6 Å². The number of hydrogen-bond acceptors (Lipinski definition) is 5. The van der Waals surface area contributed by atoms with Gasteiger partial charge in [-0.2, -0.15) is 23.4 Å². The molecule has 4 nitrogen and oxygen atoms in total. The number of aromatic nitrogens is 2. The zero-order valence-corrected chi connectivity index (χ0v) is 33.6. The average Bonchev–Trinajstić information content (AvgIpc) is 3.42. The van der Waals surface area contributed by atoms with Gasteiger partial charge in [0.1, 0.15) is 0 Å². The number of thiophene rings is 1. The molecule has 0 saturated heterocycles. The molecular formula is C41H48F3IrN2O2S-. The van der Waals surface area contributed by atoms with Crippen LogP contribution in [0.15, 0.2) is 54.3 Å². The number of allylic oxidation sites excluding steroid dienone is 2. The minimum atomic E-state index is -4.25. The van der Waals surface area contributed by atoms with Gasteiger partial charge >= 0.3 is 6.18 Å². The van der Waals surface area contributed by atoms with Crippen LogP contribution in [0.25, 0.3) is 42.2 Å². The van der Waals surface area contributed by atoms with E-state index in [1.165, 1.54) is 19.9 Å². The largest absolute Gasteiger partial charge is 0.512 e. The molecule has 0 bridgehead atoms. The summed E-state index contributed by atoms with van der Waals surface area (Å²) in [6, 6.07) is 17.3. The van der Waals surface area contributed by atoms with E-state index in [0.29, 0.717) is 5.56 Å². The van der Waals surface area contributed by atoms with E-state index in [-0.39, 0.29) is 49.9 Å². The van der Waals surface area contributed by atoms with Crippen LogP contribution in [0.2, 0.25) is 0 Å². The summed E-state index contributed by atoms with van der Waals surface area (Å²) in [5.74, 6) is 0.547. The summed E-state index contributed by atoms with van der Waals surface area (Å²) in [4.78, 5) is 11.7. The quantitative estimate of drug-likeness (QED) is 0.0862. The van der Waals surface area contributed by atoms with E-state index in [1.807, 2.05) is 65.8 Å². The molecule has 0 atom stereocenters. The smallest absolute Gasteiger partial charge is 0.394 e. The topological polar surface area (TPSA) is 63.1 Å². The monoisotopic (exact) mass is 882 g/mol. The molecule has 0 aliphatic heterocycles. The number of aryl methyl sites for hydroxylation is 3. The summed E-state index contributed by atoms with van der Waals surface area (Å²) in [5.41, 5.74) is 3.67. The molecule has 0 unspecified atom stereocenters. The van der Waals surface area contributed by atoms with Crippen molar-refractivity contribution in [1.29, 1.82) is 0 Å². The molecule has 2 aromatic heterocycles. The molecule has 0 aliphatic rings. The third-order valence-corrected chi connectivity index (χ3v) is 10.8. The second-order valence-corrected chi connectivity index (χ2v) is 14.8. The van der Waals surface area contributed by atoms with Gasteiger partial charge in [0, 0.05) is 63.9 Å². The first kappa shape index (κ1) is 41.3. The molecule has 50 heavy (non-hydrogen) atoms. The van der Waals surface area contributed by atoms with Gasteiger partial charge in [-0.3, -0.25) is 4.79 Å². The fourth-order valence-electron chi connectivity index (χ4n) is 6.38. The van der Waals surface area contributed by atoms with Crippen LogP contribution in [0, 0.1) is 44.1 Å². The molecule has 0 amide bonds. The van der Waals surface area contributed by atoms with Gasteiger partial charge in [-0.05, 0) is 55.4 Å². The zero-order chi connectivity index (χ0) is 36.3. The Balaban J connectivity index is 0.000000361. The van der Waals surface area contributed by atoms with Crippen LogP contribution in [0.1, 0.15) is 89.6 Å². The van der Waals surface area contributed by atoms with Crippen LogP contribution < -0.4 is 0 Å². The van der Waals surface area contributed by atoms with Crippen LogP contribution in [0.4, 0.5) is 13.2 Å². The first-order valence-corrected chi connectivity index (χ1v) is 18.0. The Hall–Kier alpha value is -3.13. The molecule has 1 N–H and O–H groups in total. The predicted octanol–water partition coefficient (Wildman–Crippen LogP) is 12.4. The number of carbonyl (C=O) groups excluding carboxylic acids is 1. The number of nitrogens with zero attached hydrogens (tertiary/aromatic N) is 2. The molecule has 0 aliphatic carbocycles. The molecular weight excluding hydrogens is 834 g/mol. The number of carbonyl (C=O) groups is 1. The Morgan fingerprint density at radius 1 is 0.880 bits per heavy atom. The van der Waals surface area contributed by atoms with Gasteiger partial charge in [0.25, 0.3) is 0 Å².